The van der Waals surface area contributed by atoms with Crippen molar-refractivity contribution in [3.05, 3.63) is 34.4 Å². The molecule has 0 amide bonds. The lowest BCUT2D eigenvalue weighted by Crippen LogP contribution is -2.46. The molecule has 2 aromatic rings. The van der Waals surface area contributed by atoms with Crippen LogP contribution in [0.3, 0.4) is 0 Å². The molecule has 0 radical (unpaired) electrons. The zero-order chi connectivity index (χ0) is 16.2. The summed E-state index contributed by atoms with van der Waals surface area (Å²) in [5.41, 5.74) is 2.18. The van der Waals surface area contributed by atoms with Gasteiger partial charge in [0.05, 0.1) is 6.20 Å². The van der Waals surface area contributed by atoms with Crippen LogP contribution in [-0.2, 0) is 0 Å². The van der Waals surface area contributed by atoms with Gasteiger partial charge in [-0.15, -0.1) is 5.10 Å². The summed E-state index contributed by atoms with van der Waals surface area (Å²) in [6.45, 7) is 9.32. The normalized spacial score (nSPS) is 15.7. The first-order chi connectivity index (χ1) is 11.2. The van der Waals surface area contributed by atoms with Crippen LogP contribution in [0.5, 0.6) is 0 Å². The lowest BCUT2D eigenvalue weighted by atomic mass is 10.2. The molecule has 1 saturated heterocycles. The second kappa shape index (κ2) is 7.23. The molecular weight excluding hydrogens is 356 g/mol. The summed E-state index contributed by atoms with van der Waals surface area (Å²) in [4.78, 5) is 9.22. The molecule has 1 aliphatic heterocycles. The van der Waals surface area contributed by atoms with E-state index in [0.717, 1.165) is 42.9 Å². The molecule has 3 rings (SSSR count). The number of piperazine rings is 1. The van der Waals surface area contributed by atoms with Crippen LogP contribution in [0.15, 0.2) is 28.9 Å². The molecule has 0 saturated carbocycles. The predicted octanol–water partition coefficient (Wildman–Crippen LogP) is 2.83. The molecule has 0 aliphatic carbocycles. The Hall–Kier alpha value is -1.73. The minimum atomic E-state index is 0.692. The van der Waals surface area contributed by atoms with Gasteiger partial charge in [0.25, 0.3) is 0 Å². The Morgan fingerprint density at radius 3 is 2.70 bits per heavy atom. The number of nitrogens with zero attached hydrogens (tertiary/aromatic N) is 5. The molecule has 0 unspecified atom stereocenters. The highest BCUT2D eigenvalue weighted by Crippen LogP contribution is 2.23. The maximum absolute atomic E-state index is 4.60. The van der Waals surface area contributed by atoms with Crippen molar-refractivity contribution in [2.24, 2.45) is 0 Å². The fraction of sp³-hybridized carbons (Fsp3) is 0.438. The molecule has 1 aliphatic rings. The average molecular weight is 377 g/mol. The van der Waals surface area contributed by atoms with Gasteiger partial charge in [0.2, 0.25) is 5.95 Å². The fourth-order valence-electron chi connectivity index (χ4n) is 2.57. The fourth-order valence-corrected chi connectivity index (χ4v) is 2.95. The van der Waals surface area contributed by atoms with Crippen LogP contribution in [0.2, 0.25) is 0 Å². The number of aryl methyl sites for hydroxylation is 1. The number of aromatic nitrogens is 3. The number of rotatable bonds is 4. The number of halogens is 1. The predicted molar refractivity (Wildman–Crippen MR) is 96.3 cm³/mol. The maximum Gasteiger partial charge on any atom is 0.247 e. The number of benzene rings is 1. The van der Waals surface area contributed by atoms with E-state index < -0.39 is 0 Å². The van der Waals surface area contributed by atoms with Crippen LogP contribution in [0.1, 0.15) is 12.5 Å². The molecule has 23 heavy (non-hydrogen) atoms. The Morgan fingerprint density at radius 1 is 1.22 bits per heavy atom. The SMILES string of the molecule is CCN1CCN(c2nncc(Nc3ccc(C)c(Br)c3)n2)CC1. The van der Waals surface area contributed by atoms with E-state index in [1.807, 2.05) is 12.1 Å². The summed E-state index contributed by atoms with van der Waals surface area (Å²) < 4.78 is 1.07. The van der Waals surface area contributed by atoms with Crippen LogP contribution in [0, 0.1) is 6.92 Å². The standard InChI is InChI=1S/C16H21BrN6/c1-3-22-6-8-23(9-7-22)16-20-15(11-18-21-16)19-13-5-4-12(2)14(17)10-13/h4-5,10-11H,3,6-9H2,1-2H3,(H,19,20,21). The van der Waals surface area contributed by atoms with Gasteiger partial charge >= 0.3 is 0 Å². The van der Waals surface area contributed by atoms with Gasteiger partial charge in [0, 0.05) is 36.3 Å². The van der Waals surface area contributed by atoms with Crippen molar-refractivity contribution < 1.29 is 0 Å². The first kappa shape index (κ1) is 16.1. The molecule has 1 aromatic carbocycles. The lowest BCUT2D eigenvalue weighted by Gasteiger charge is -2.33. The van der Waals surface area contributed by atoms with E-state index in [-0.39, 0.29) is 0 Å². The Kier molecular flexibility index (Phi) is 5.07. The van der Waals surface area contributed by atoms with Crippen LogP contribution in [0.4, 0.5) is 17.5 Å². The number of hydrogen-bond donors (Lipinski definition) is 1. The van der Waals surface area contributed by atoms with Gasteiger partial charge in [0.15, 0.2) is 5.82 Å². The molecule has 122 valence electrons. The third-order valence-corrected chi connectivity index (χ3v) is 4.95. The van der Waals surface area contributed by atoms with Gasteiger partial charge in [-0.1, -0.05) is 28.9 Å². The summed E-state index contributed by atoms with van der Waals surface area (Å²) in [5, 5.41) is 11.6. The highest BCUT2D eigenvalue weighted by atomic mass is 79.9. The van der Waals surface area contributed by atoms with Crippen LogP contribution < -0.4 is 10.2 Å². The minimum Gasteiger partial charge on any atom is -0.339 e. The van der Waals surface area contributed by atoms with Crippen molar-refractivity contribution in [3.63, 3.8) is 0 Å². The van der Waals surface area contributed by atoms with Gasteiger partial charge in [0.1, 0.15) is 0 Å². The Morgan fingerprint density at radius 2 is 2.00 bits per heavy atom. The molecule has 0 atom stereocenters. The highest BCUT2D eigenvalue weighted by Gasteiger charge is 2.18. The van der Waals surface area contributed by atoms with Crippen LogP contribution in [-0.4, -0.2) is 52.8 Å². The number of nitrogens with one attached hydrogen (secondary N) is 1. The van der Waals surface area contributed by atoms with E-state index in [9.17, 15) is 0 Å². The number of likely N-dealkylation sites (N-methyl/N-ethyl adjacent to an activating group) is 1. The molecular formula is C16H21BrN6. The molecule has 1 fully saturated rings. The molecule has 0 spiro atoms. The Balaban J connectivity index is 1.71. The first-order valence-corrected chi connectivity index (χ1v) is 8.65. The van der Waals surface area contributed by atoms with Crippen LogP contribution >= 0.6 is 15.9 Å². The smallest absolute Gasteiger partial charge is 0.247 e. The molecule has 1 aromatic heterocycles. The second-order valence-electron chi connectivity index (χ2n) is 5.65. The van der Waals surface area contributed by atoms with Crippen molar-refractivity contribution in [2.45, 2.75) is 13.8 Å². The molecule has 6 nitrogen and oxygen atoms in total. The third-order valence-electron chi connectivity index (χ3n) is 4.09. The molecule has 7 heteroatoms. The summed E-state index contributed by atoms with van der Waals surface area (Å²) in [7, 11) is 0. The van der Waals surface area contributed by atoms with Crippen molar-refractivity contribution in [3.8, 4) is 0 Å². The number of anilines is 3. The zero-order valence-electron chi connectivity index (χ0n) is 13.5. The van der Waals surface area contributed by atoms with E-state index in [4.69, 9.17) is 0 Å². The monoisotopic (exact) mass is 376 g/mol. The Labute approximate surface area is 145 Å². The van der Waals surface area contributed by atoms with E-state index in [1.54, 1.807) is 6.20 Å². The lowest BCUT2D eigenvalue weighted by molar-refractivity contribution is 0.269. The largest absolute Gasteiger partial charge is 0.339 e. The van der Waals surface area contributed by atoms with E-state index in [1.165, 1.54) is 5.56 Å². The maximum atomic E-state index is 4.60. The summed E-state index contributed by atoms with van der Waals surface area (Å²) in [6.07, 6.45) is 1.65. The van der Waals surface area contributed by atoms with Crippen molar-refractivity contribution in [1.29, 1.82) is 0 Å². The third kappa shape index (κ3) is 3.97. The van der Waals surface area contributed by atoms with Gasteiger partial charge in [-0.05, 0) is 31.2 Å². The van der Waals surface area contributed by atoms with Crippen LogP contribution in [0.25, 0.3) is 0 Å². The van der Waals surface area contributed by atoms with E-state index >= 15 is 0 Å². The van der Waals surface area contributed by atoms with E-state index in [0.29, 0.717) is 11.8 Å². The van der Waals surface area contributed by atoms with Crippen molar-refractivity contribution in [2.75, 3.05) is 42.9 Å². The minimum absolute atomic E-state index is 0.692. The van der Waals surface area contributed by atoms with Crippen molar-refractivity contribution in [1.82, 2.24) is 20.1 Å². The molecule has 1 N–H and O–H groups in total. The first-order valence-electron chi connectivity index (χ1n) is 7.86. The van der Waals surface area contributed by atoms with Gasteiger partial charge in [-0.3, -0.25) is 0 Å². The molecule has 2 heterocycles. The zero-order valence-corrected chi connectivity index (χ0v) is 15.0. The quantitative estimate of drug-likeness (QED) is 0.885. The number of hydrogen-bond acceptors (Lipinski definition) is 6. The van der Waals surface area contributed by atoms with Gasteiger partial charge < -0.3 is 15.1 Å². The van der Waals surface area contributed by atoms with Gasteiger partial charge in [-0.2, -0.15) is 10.1 Å². The average Bonchev–Trinajstić information content (AvgIpc) is 2.58. The van der Waals surface area contributed by atoms with E-state index in [2.05, 4.69) is 66.1 Å². The van der Waals surface area contributed by atoms with Crippen molar-refractivity contribution >= 4 is 33.4 Å². The summed E-state index contributed by atoms with van der Waals surface area (Å²) in [5.74, 6) is 1.40. The second-order valence-corrected chi connectivity index (χ2v) is 6.51. The topological polar surface area (TPSA) is 57.2 Å². The Bertz CT molecular complexity index is 669. The molecule has 0 bridgehead atoms. The van der Waals surface area contributed by atoms with Gasteiger partial charge in [-0.25, -0.2) is 0 Å². The summed E-state index contributed by atoms with van der Waals surface area (Å²) >= 11 is 3.55. The highest BCUT2D eigenvalue weighted by molar-refractivity contribution is 9.10. The summed E-state index contributed by atoms with van der Waals surface area (Å²) in [6, 6.07) is 6.13.